The average molecular weight is 392 g/mol. The molecule has 0 spiro atoms. The minimum atomic E-state index is -4.63. The third-order valence-electron chi connectivity index (χ3n) is 3.00. The molecule has 0 aliphatic rings. The van der Waals surface area contributed by atoms with E-state index in [9.17, 15) is 22.8 Å². The summed E-state index contributed by atoms with van der Waals surface area (Å²) in [6.07, 6.45) is -4.17. The molecule has 2 atom stereocenters. The number of ether oxygens (including phenoxy) is 1. The summed E-state index contributed by atoms with van der Waals surface area (Å²) in [5, 5.41) is 2.55. The lowest BCUT2D eigenvalue weighted by Crippen LogP contribution is -2.46. The topological polar surface area (TPSA) is 55.4 Å². The molecule has 1 N–H and O–H groups in total. The molecule has 0 unspecified atom stereocenters. The first kappa shape index (κ1) is 20.1. The van der Waals surface area contributed by atoms with Crippen LogP contribution in [-0.2, 0) is 9.53 Å². The second kappa shape index (κ2) is 8.21. The second-order valence-corrected chi connectivity index (χ2v) is 6.85. The molecule has 10 heteroatoms. The molecule has 0 aliphatic heterocycles. The molecule has 1 rings (SSSR count). The number of esters is 1. The highest BCUT2D eigenvalue weighted by molar-refractivity contribution is 7.18. The molecule has 0 saturated carbocycles. The van der Waals surface area contributed by atoms with Crippen LogP contribution in [0, 0.1) is 5.92 Å². The van der Waals surface area contributed by atoms with Crippen molar-refractivity contribution < 1.29 is 27.5 Å². The number of alkyl halides is 3. The van der Waals surface area contributed by atoms with Gasteiger partial charge in [-0.25, -0.2) is 4.79 Å². The fourth-order valence-corrected chi connectivity index (χ4v) is 2.85. The molecule has 0 radical (unpaired) electrons. The van der Waals surface area contributed by atoms with Crippen molar-refractivity contribution in [3.63, 3.8) is 0 Å². The van der Waals surface area contributed by atoms with E-state index in [1.165, 1.54) is 6.07 Å². The van der Waals surface area contributed by atoms with E-state index in [-0.39, 0.29) is 14.2 Å². The molecule has 0 bridgehead atoms. The van der Waals surface area contributed by atoms with E-state index in [1.54, 1.807) is 13.8 Å². The molecule has 1 aromatic rings. The molecule has 4 nitrogen and oxygen atoms in total. The van der Waals surface area contributed by atoms with Crippen molar-refractivity contribution in [2.75, 3.05) is 6.61 Å². The Morgan fingerprint density at radius 1 is 1.39 bits per heavy atom. The smallest absolute Gasteiger partial charge is 0.422 e. The van der Waals surface area contributed by atoms with Crippen LogP contribution in [0.4, 0.5) is 13.2 Å². The number of thiophene rings is 1. The van der Waals surface area contributed by atoms with E-state index in [0.29, 0.717) is 6.42 Å². The van der Waals surface area contributed by atoms with E-state index in [0.717, 1.165) is 11.3 Å². The molecule has 1 heterocycles. The van der Waals surface area contributed by atoms with Gasteiger partial charge in [0.25, 0.3) is 5.91 Å². The summed E-state index contributed by atoms with van der Waals surface area (Å²) in [5.41, 5.74) is 0. The molecular formula is C13H14Cl2F3NO3S. The highest BCUT2D eigenvalue weighted by Gasteiger charge is 2.34. The molecular weight excluding hydrogens is 378 g/mol. The van der Waals surface area contributed by atoms with E-state index < -0.39 is 36.6 Å². The SMILES string of the molecule is CC[C@H](C)[C@H](NC(=O)c1cc(Cl)c(Cl)s1)C(=O)OCC(F)(F)F. The lowest BCUT2D eigenvalue weighted by molar-refractivity contribution is -0.188. The molecule has 0 fully saturated rings. The van der Waals surface area contributed by atoms with Gasteiger partial charge in [-0.3, -0.25) is 4.79 Å². The number of halogens is 5. The quantitative estimate of drug-likeness (QED) is 0.735. The first-order valence-electron chi connectivity index (χ1n) is 6.54. The first-order valence-corrected chi connectivity index (χ1v) is 8.11. The summed E-state index contributed by atoms with van der Waals surface area (Å²) >= 11 is 12.4. The van der Waals surface area contributed by atoms with Crippen molar-refractivity contribution >= 4 is 46.4 Å². The van der Waals surface area contributed by atoms with Gasteiger partial charge in [0.15, 0.2) is 6.61 Å². The Kier molecular flexibility index (Phi) is 7.16. The van der Waals surface area contributed by atoms with Crippen LogP contribution >= 0.6 is 34.5 Å². The molecule has 130 valence electrons. The van der Waals surface area contributed by atoms with Crippen molar-refractivity contribution in [2.24, 2.45) is 5.92 Å². The molecule has 0 aromatic carbocycles. The Morgan fingerprint density at radius 2 is 2.00 bits per heavy atom. The summed E-state index contributed by atoms with van der Waals surface area (Å²) in [6.45, 7) is 1.65. The summed E-state index contributed by atoms with van der Waals surface area (Å²) < 4.78 is 40.9. The van der Waals surface area contributed by atoms with Crippen molar-refractivity contribution in [3.05, 3.63) is 20.3 Å². The van der Waals surface area contributed by atoms with Crippen LogP contribution in [0.15, 0.2) is 6.07 Å². The van der Waals surface area contributed by atoms with Gasteiger partial charge in [-0.05, 0) is 12.0 Å². The van der Waals surface area contributed by atoms with Gasteiger partial charge in [-0.1, -0.05) is 43.5 Å². The zero-order valence-electron chi connectivity index (χ0n) is 12.2. The minimum Gasteiger partial charge on any atom is -0.454 e. The summed E-state index contributed by atoms with van der Waals surface area (Å²) in [6, 6.07) is 0.119. The van der Waals surface area contributed by atoms with Crippen LogP contribution < -0.4 is 5.32 Å². The average Bonchev–Trinajstić information content (AvgIpc) is 2.80. The Bertz CT molecular complexity index is 558. The summed E-state index contributed by atoms with van der Waals surface area (Å²) in [4.78, 5) is 24.1. The third kappa shape index (κ3) is 6.19. The highest BCUT2D eigenvalue weighted by Crippen LogP contribution is 2.31. The monoisotopic (exact) mass is 391 g/mol. The Hall–Kier alpha value is -0.990. The molecule has 0 aliphatic carbocycles. The largest absolute Gasteiger partial charge is 0.454 e. The Balaban J connectivity index is 2.82. The van der Waals surface area contributed by atoms with Crippen LogP contribution in [0.25, 0.3) is 0 Å². The number of amides is 1. The van der Waals surface area contributed by atoms with E-state index >= 15 is 0 Å². The highest BCUT2D eigenvalue weighted by atomic mass is 35.5. The van der Waals surface area contributed by atoms with Gasteiger partial charge in [0.2, 0.25) is 0 Å². The zero-order valence-corrected chi connectivity index (χ0v) is 14.5. The van der Waals surface area contributed by atoms with Gasteiger partial charge < -0.3 is 10.1 Å². The van der Waals surface area contributed by atoms with E-state index in [4.69, 9.17) is 23.2 Å². The fourth-order valence-electron chi connectivity index (χ4n) is 1.58. The minimum absolute atomic E-state index is 0.150. The molecule has 1 amide bonds. The normalized spacial score (nSPS) is 14.2. The van der Waals surface area contributed by atoms with Gasteiger partial charge in [0.1, 0.15) is 10.4 Å². The van der Waals surface area contributed by atoms with Crippen LogP contribution in [-0.4, -0.2) is 30.7 Å². The number of carbonyl (C=O) groups excluding carboxylic acids is 2. The van der Waals surface area contributed by atoms with Gasteiger partial charge in [-0.15, -0.1) is 11.3 Å². The van der Waals surface area contributed by atoms with Crippen molar-refractivity contribution in [1.82, 2.24) is 5.32 Å². The van der Waals surface area contributed by atoms with E-state index in [1.807, 2.05) is 0 Å². The van der Waals surface area contributed by atoms with Crippen molar-refractivity contribution in [1.29, 1.82) is 0 Å². The lowest BCUT2D eigenvalue weighted by Gasteiger charge is -2.22. The predicted octanol–water partition coefficient (Wildman–Crippen LogP) is 4.30. The maximum Gasteiger partial charge on any atom is 0.422 e. The van der Waals surface area contributed by atoms with Crippen molar-refractivity contribution in [2.45, 2.75) is 32.5 Å². The number of nitrogens with one attached hydrogen (secondary N) is 1. The van der Waals surface area contributed by atoms with Crippen LogP contribution in [0.5, 0.6) is 0 Å². The molecule has 0 saturated heterocycles. The molecule has 23 heavy (non-hydrogen) atoms. The predicted molar refractivity (Wildman–Crippen MR) is 82.1 cm³/mol. The van der Waals surface area contributed by atoms with E-state index in [2.05, 4.69) is 10.1 Å². The molecule has 1 aromatic heterocycles. The van der Waals surface area contributed by atoms with Crippen LogP contribution in [0.3, 0.4) is 0 Å². The standard InChI is InChI=1S/C13H14Cl2F3NO3S/c1-3-6(2)9(12(21)22-5-13(16,17)18)19-11(20)8-4-7(14)10(15)23-8/h4,6,9H,3,5H2,1-2H3,(H,19,20)/t6-,9-/m0/s1. The number of hydrogen-bond acceptors (Lipinski definition) is 4. The maximum atomic E-state index is 12.1. The van der Waals surface area contributed by atoms with Gasteiger partial charge in [0.05, 0.1) is 9.90 Å². The number of rotatable bonds is 6. The number of carbonyl (C=O) groups is 2. The Morgan fingerprint density at radius 3 is 2.43 bits per heavy atom. The van der Waals surface area contributed by atoms with Gasteiger partial charge in [-0.2, -0.15) is 13.2 Å². The van der Waals surface area contributed by atoms with Crippen molar-refractivity contribution in [3.8, 4) is 0 Å². The summed E-state index contributed by atoms with van der Waals surface area (Å²) in [7, 11) is 0. The zero-order chi connectivity index (χ0) is 17.8. The lowest BCUT2D eigenvalue weighted by atomic mass is 9.99. The number of hydrogen-bond donors (Lipinski definition) is 1. The van der Waals surface area contributed by atoms with Crippen LogP contribution in [0.1, 0.15) is 29.9 Å². The maximum absolute atomic E-state index is 12.1. The Labute approximate surface area is 144 Å². The third-order valence-corrected chi connectivity index (χ3v) is 4.86. The second-order valence-electron chi connectivity index (χ2n) is 4.79. The van der Waals surface area contributed by atoms with Crippen LogP contribution in [0.2, 0.25) is 9.36 Å². The summed E-state index contributed by atoms with van der Waals surface area (Å²) in [5.74, 6) is -2.21. The van der Waals surface area contributed by atoms with Gasteiger partial charge in [0, 0.05) is 0 Å². The fraction of sp³-hybridized carbons (Fsp3) is 0.538. The van der Waals surface area contributed by atoms with Gasteiger partial charge >= 0.3 is 12.1 Å². The first-order chi connectivity index (χ1) is 10.5.